The van der Waals surface area contributed by atoms with Crippen molar-refractivity contribution in [3.63, 3.8) is 0 Å². The van der Waals surface area contributed by atoms with Gasteiger partial charge < -0.3 is 0 Å². The van der Waals surface area contributed by atoms with Gasteiger partial charge in [0.15, 0.2) is 5.78 Å². The van der Waals surface area contributed by atoms with Crippen molar-refractivity contribution < 1.29 is 4.79 Å². The standard InChI is InChI=1S/C22H21OPS/c1-25-18-19(23)17-24(20-11-5-2-6-12-20,21-13-7-3-8-14-21)22-15-9-4-10-16-22/h2-17H,18H2,1H3. The van der Waals surface area contributed by atoms with E-state index in [4.69, 9.17) is 0 Å². The zero-order valence-corrected chi connectivity index (χ0v) is 15.9. The molecule has 0 saturated heterocycles. The molecule has 0 radical (unpaired) electrons. The van der Waals surface area contributed by atoms with Crippen LogP contribution in [0.5, 0.6) is 0 Å². The first-order valence-electron chi connectivity index (χ1n) is 8.20. The molecule has 1 nitrogen and oxygen atoms in total. The van der Waals surface area contributed by atoms with E-state index in [0.717, 1.165) is 0 Å². The first-order valence-corrected chi connectivity index (χ1v) is 11.5. The fraction of sp³-hybridized carbons (Fsp3) is 0.0909. The highest BCUT2D eigenvalue weighted by atomic mass is 32.2. The van der Waals surface area contributed by atoms with Crippen LogP contribution in [0, 0.1) is 0 Å². The lowest BCUT2D eigenvalue weighted by Crippen LogP contribution is -2.28. The van der Waals surface area contributed by atoms with Gasteiger partial charge in [0.1, 0.15) is 0 Å². The number of Topliss-reactive ketones (excluding diaryl/α,β-unsaturated/α-hetero) is 1. The van der Waals surface area contributed by atoms with Gasteiger partial charge in [-0.05, 0) is 34.9 Å². The van der Waals surface area contributed by atoms with Gasteiger partial charge in [-0.25, -0.2) is 0 Å². The van der Waals surface area contributed by atoms with E-state index < -0.39 is 6.89 Å². The molecule has 0 aliphatic carbocycles. The minimum atomic E-state index is -2.13. The zero-order valence-electron chi connectivity index (χ0n) is 14.2. The van der Waals surface area contributed by atoms with Crippen LogP contribution in [0.4, 0.5) is 0 Å². The Morgan fingerprint density at radius 3 is 1.44 bits per heavy atom. The van der Waals surface area contributed by atoms with E-state index in [2.05, 4.69) is 72.8 Å². The number of hydrogen-bond acceptors (Lipinski definition) is 2. The van der Waals surface area contributed by atoms with Crippen LogP contribution in [0.1, 0.15) is 0 Å². The molecule has 25 heavy (non-hydrogen) atoms. The van der Waals surface area contributed by atoms with Gasteiger partial charge in [0.2, 0.25) is 0 Å². The Bertz CT molecular complexity index is 770. The van der Waals surface area contributed by atoms with E-state index in [0.29, 0.717) is 5.75 Å². The largest absolute Gasteiger partial charge is 0.294 e. The molecule has 0 amide bonds. The number of carbonyl (C=O) groups excluding carboxylic acids is 1. The van der Waals surface area contributed by atoms with E-state index in [1.807, 2.05) is 30.3 Å². The zero-order chi connectivity index (χ0) is 17.5. The fourth-order valence-corrected chi connectivity index (χ4v) is 7.34. The molecular weight excluding hydrogens is 343 g/mol. The summed E-state index contributed by atoms with van der Waals surface area (Å²) in [6.07, 6.45) is 1.97. The predicted octanol–water partition coefficient (Wildman–Crippen LogP) is 3.71. The van der Waals surface area contributed by atoms with E-state index in [-0.39, 0.29) is 5.78 Å². The number of thioether (sulfide) groups is 1. The highest BCUT2D eigenvalue weighted by Crippen LogP contribution is 2.43. The summed E-state index contributed by atoms with van der Waals surface area (Å²) in [6, 6.07) is 31.3. The molecule has 0 unspecified atom stereocenters. The number of hydrogen-bond donors (Lipinski definition) is 0. The minimum Gasteiger partial charge on any atom is -0.294 e. The van der Waals surface area contributed by atoms with Gasteiger partial charge >= 0.3 is 0 Å². The van der Waals surface area contributed by atoms with Gasteiger partial charge in [-0.2, -0.15) is 11.8 Å². The van der Waals surface area contributed by atoms with Crippen molar-refractivity contribution in [1.29, 1.82) is 0 Å². The van der Waals surface area contributed by atoms with Gasteiger partial charge in [-0.15, -0.1) is 0 Å². The van der Waals surface area contributed by atoms with Crippen LogP contribution < -0.4 is 15.9 Å². The normalized spacial score (nSPS) is 11.1. The second kappa shape index (κ2) is 8.38. The Hall–Kier alpha value is -2.02. The molecule has 0 bridgehead atoms. The Morgan fingerprint density at radius 2 is 1.12 bits per heavy atom. The first kappa shape index (κ1) is 17.8. The maximum Gasteiger partial charge on any atom is 0.166 e. The van der Waals surface area contributed by atoms with Crippen LogP contribution in [0.15, 0.2) is 91.0 Å². The molecule has 0 aromatic heterocycles. The van der Waals surface area contributed by atoms with Crippen LogP contribution in [-0.2, 0) is 4.79 Å². The van der Waals surface area contributed by atoms with Crippen molar-refractivity contribution in [2.75, 3.05) is 12.0 Å². The molecule has 126 valence electrons. The summed E-state index contributed by atoms with van der Waals surface area (Å²) in [5.41, 5.74) is 0. The number of ketones is 1. The third kappa shape index (κ3) is 3.81. The summed E-state index contributed by atoms with van der Waals surface area (Å²) in [6.45, 7) is -2.13. The molecular formula is C22H21OPS. The highest BCUT2D eigenvalue weighted by molar-refractivity contribution is 8.00. The third-order valence-electron chi connectivity index (χ3n) is 4.11. The van der Waals surface area contributed by atoms with E-state index >= 15 is 0 Å². The lowest BCUT2D eigenvalue weighted by atomic mass is 10.4. The average Bonchev–Trinajstić information content (AvgIpc) is 2.68. The van der Waals surface area contributed by atoms with Gasteiger partial charge in [0, 0.05) is 0 Å². The van der Waals surface area contributed by atoms with Crippen LogP contribution >= 0.6 is 18.6 Å². The summed E-state index contributed by atoms with van der Waals surface area (Å²) in [7, 11) is 0. The second-order valence-electron chi connectivity index (χ2n) is 5.76. The molecule has 0 saturated carbocycles. The van der Waals surface area contributed by atoms with Gasteiger partial charge in [0.25, 0.3) is 0 Å². The Labute approximate surface area is 154 Å². The molecule has 3 rings (SSSR count). The average molecular weight is 364 g/mol. The Kier molecular flexibility index (Phi) is 5.96. The quantitative estimate of drug-likeness (QED) is 0.620. The summed E-state index contributed by atoms with van der Waals surface area (Å²) in [4.78, 5) is 12.7. The van der Waals surface area contributed by atoms with Gasteiger partial charge in [0.05, 0.1) is 5.75 Å². The lowest BCUT2D eigenvalue weighted by molar-refractivity contribution is -0.110. The van der Waals surface area contributed by atoms with Crippen molar-refractivity contribution in [2.45, 2.75) is 0 Å². The smallest absolute Gasteiger partial charge is 0.166 e. The molecule has 0 atom stereocenters. The number of benzene rings is 3. The lowest BCUT2D eigenvalue weighted by Gasteiger charge is -2.28. The van der Waals surface area contributed by atoms with Crippen molar-refractivity contribution in [2.24, 2.45) is 0 Å². The minimum absolute atomic E-state index is 0.192. The van der Waals surface area contributed by atoms with Crippen LogP contribution in [0.3, 0.4) is 0 Å². The van der Waals surface area contributed by atoms with Crippen LogP contribution in [0.2, 0.25) is 0 Å². The molecule has 0 spiro atoms. The molecule has 3 aromatic carbocycles. The summed E-state index contributed by atoms with van der Waals surface area (Å²) in [5.74, 6) is 2.70. The van der Waals surface area contributed by atoms with E-state index in [1.165, 1.54) is 15.9 Å². The van der Waals surface area contributed by atoms with E-state index in [1.54, 1.807) is 11.8 Å². The third-order valence-corrected chi connectivity index (χ3v) is 8.70. The maximum atomic E-state index is 12.7. The van der Waals surface area contributed by atoms with Gasteiger partial charge in [-0.3, -0.25) is 4.79 Å². The Morgan fingerprint density at radius 1 is 0.760 bits per heavy atom. The molecule has 3 heteroatoms. The molecule has 0 aliphatic heterocycles. The second-order valence-corrected chi connectivity index (χ2v) is 9.88. The highest BCUT2D eigenvalue weighted by Gasteiger charge is 2.25. The molecule has 0 N–H and O–H groups in total. The summed E-state index contributed by atoms with van der Waals surface area (Å²) < 4.78 is 0. The predicted molar refractivity (Wildman–Crippen MR) is 115 cm³/mol. The molecule has 0 aliphatic rings. The summed E-state index contributed by atoms with van der Waals surface area (Å²) >= 11 is 1.57. The molecule has 3 aromatic rings. The topological polar surface area (TPSA) is 17.1 Å². The van der Waals surface area contributed by atoms with Gasteiger partial charge in [-0.1, -0.05) is 91.0 Å². The molecule has 0 fully saturated rings. The monoisotopic (exact) mass is 364 g/mol. The fourth-order valence-electron chi connectivity index (χ4n) is 3.06. The molecule has 0 heterocycles. The van der Waals surface area contributed by atoms with Crippen molar-refractivity contribution >= 4 is 46.1 Å². The van der Waals surface area contributed by atoms with Crippen LogP contribution in [-0.4, -0.2) is 23.6 Å². The number of rotatable bonds is 6. The van der Waals surface area contributed by atoms with E-state index in [9.17, 15) is 4.79 Å². The van der Waals surface area contributed by atoms with Crippen molar-refractivity contribution in [3.05, 3.63) is 91.0 Å². The van der Waals surface area contributed by atoms with Crippen LogP contribution in [0.25, 0.3) is 0 Å². The van der Waals surface area contributed by atoms with Crippen molar-refractivity contribution in [3.8, 4) is 0 Å². The number of carbonyl (C=O) groups is 1. The maximum absolute atomic E-state index is 12.7. The SMILES string of the molecule is CSCC(=O)C=P(c1ccccc1)(c1ccccc1)c1ccccc1. The Balaban J connectivity index is 2.38. The first-order chi connectivity index (χ1) is 12.3. The summed E-state index contributed by atoms with van der Waals surface area (Å²) in [5, 5.41) is 3.63. The van der Waals surface area contributed by atoms with Crippen molar-refractivity contribution in [1.82, 2.24) is 0 Å².